The number of hydrogen-bond acceptors (Lipinski definition) is 3. The van der Waals surface area contributed by atoms with Crippen LogP contribution < -0.4 is 4.72 Å². The average molecular weight is 351 g/mol. The van der Waals surface area contributed by atoms with Crippen LogP contribution in [0.1, 0.15) is 58.7 Å². The lowest BCUT2D eigenvalue weighted by Crippen LogP contribution is -2.42. The molecule has 0 aromatic heterocycles. The van der Waals surface area contributed by atoms with Gasteiger partial charge in [0.25, 0.3) is 0 Å². The van der Waals surface area contributed by atoms with Crippen LogP contribution in [0.15, 0.2) is 18.2 Å². The molecular formula is C16H24F3NO2S. The molecule has 7 heteroatoms. The summed E-state index contributed by atoms with van der Waals surface area (Å²) in [6, 6.07) is 2.87. The molecule has 0 radical (unpaired) electrons. The largest absolute Gasteiger partial charge is 0.598 e. The monoisotopic (exact) mass is 351 g/mol. The normalized spacial score (nSPS) is 16.3. The summed E-state index contributed by atoms with van der Waals surface area (Å²) in [4.78, 5) is 0. The summed E-state index contributed by atoms with van der Waals surface area (Å²) < 4.78 is 57.3. The van der Waals surface area contributed by atoms with E-state index >= 15 is 0 Å². The first-order valence-electron chi connectivity index (χ1n) is 7.26. The number of halogens is 3. The summed E-state index contributed by atoms with van der Waals surface area (Å²) >= 11 is -1.47. The maximum absolute atomic E-state index is 14.6. The second kappa shape index (κ2) is 6.63. The lowest BCUT2D eigenvalue weighted by Gasteiger charge is -2.31. The molecule has 0 saturated heterocycles. The van der Waals surface area contributed by atoms with E-state index in [2.05, 4.69) is 4.72 Å². The summed E-state index contributed by atoms with van der Waals surface area (Å²) in [7, 11) is 0. The number of nitrogens with one attached hydrogen (secondary N) is 1. The lowest BCUT2D eigenvalue weighted by atomic mass is 9.91. The van der Waals surface area contributed by atoms with Crippen molar-refractivity contribution >= 4 is 11.4 Å². The zero-order chi connectivity index (χ0) is 18.2. The number of benzene rings is 1. The van der Waals surface area contributed by atoms with Crippen molar-refractivity contribution < 1.29 is 22.8 Å². The van der Waals surface area contributed by atoms with Crippen LogP contribution in [0.3, 0.4) is 0 Å². The first-order chi connectivity index (χ1) is 10.2. The van der Waals surface area contributed by atoms with Gasteiger partial charge < -0.3 is 9.66 Å². The van der Waals surface area contributed by atoms with Gasteiger partial charge in [-0.3, -0.25) is 0 Å². The molecule has 0 bridgehead atoms. The Morgan fingerprint density at radius 3 is 2.13 bits per heavy atom. The van der Waals surface area contributed by atoms with Crippen LogP contribution >= 0.6 is 0 Å². The first kappa shape index (κ1) is 20.3. The van der Waals surface area contributed by atoms with E-state index in [-0.39, 0.29) is 5.56 Å². The van der Waals surface area contributed by atoms with Gasteiger partial charge >= 0.3 is 5.92 Å². The van der Waals surface area contributed by atoms with Gasteiger partial charge in [0.05, 0.1) is 11.6 Å². The van der Waals surface area contributed by atoms with E-state index < -0.39 is 45.1 Å². The summed E-state index contributed by atoms with van der Waals surface area (Å²) in [6.07, 6.45) is 0. The minimum atomic E-state index is -3.75. The van der Waals surface area contributed by atoms with Crippen molar-refractivity contribution in [1.29, 1.82) is 0 Å². The van der Waals surface area contributed by atoms with Crippen molar-refractivity contribution in [2.75, 3.05) is 0 Å². The first-order valence-corrected chi connectivity index (χ1v) is 8.41. The molecule has 0 fully saturated rings. The number of hydrogen-bond donors (Lipinski definition) is 2. The molecule has 0 unspecified atom stereocenters. The zero-order valence-corrected chi connectivity index (χ0v) is 15.0. The second-order valence-corrected chi connectivity index (χ2v) is 9.06. The van der Waals surface area contributed by atoms with Crippen molar-refractivity contribution in [3.8, 4) is 0 Å². The highest BCUT2D eigenvalue weighted by molar-refractivity contribution is 7.90. The fourth-order valence-corrected chi connectivity index (χ4v) is 2.66. The topological polar surface area (TPSA) is 55.3 Å². The van der Waals surface area contributed by atoms with Gasteiger partial charge in [0.15, 0.2) is 0 Å². The van der Waals surface area contributed by atoms with Gasteiger partial charge in [-0.25, -0.2) is 4.39 Å². The summed E-state index contributed by atoms with van der Waals surface area (Å²) in [5.41, 5.74) is -3.31. The van der Waals surface area contributed by atoms with Gasteiger partial charge in [0.1, 0.15) is 16.2 Å². The van der Waals surface area contributed by atoms with E-state index in [0.29, 0.717) is 0 Å². The van der Waals surface area contributed by atoms with Crippen LogP contribution in [0.2, 0.25) is 0 Å². The maximum Gasteiger partial charge on any atom is 0.303 e. The highest BCUT2D eigenvalue weighted by atomic mass is 32.2. The maximum atomic E-state index is 14.6. The quantitative estimate of drug-likeness (QED) is 0.794. The van der Waals surface area contributed by atoms with Crippen LogP contribution in [0.5, 0.6) is 0 Å². The Kier molecular flexibility index (Phi) is 5.84. The van der Waals surface area contributed by atoms with Gasteiger partial charge in [-0.15, -0.1) is 4.72 Å². The Morgan fingerprint density at radius 2 is 1.70 bits per heavy atom. The molecule has 1 aromatic rings. The molecule has 1 aromatic carbocycles. The van der Waals surface area contributed by atoms with E-state index in [9.17, 15) is 22.8 Å². The summed E-state index contributed by atoms with van der Waals surface area (Å²) in [5.74, 6) is -4.86. The predicted octanol–water partition coefficient (Wildman–Crippen LogP) is 3.80. The molecule has 0 aliphatic heterocycles. The van der Waals surface area contributed by atoms with Crippen LogP contribution in [0, 0.1) is 5.82 Å². The Labute approximate surface area is 138 Å². The van der Waals surface area contributed by atoms with Gasteiger partial charge in [-0.1, -0.05) is 12.1 Å². The number of aliphatic hydroxyl groups is 1. The highest BCUT2D eigenvalue weighted by Crippen LogP contribution is 2.41. The van der Waals surface area contributed by atoms with Gasteiger partial charge in [0.2, 0.25) is 0 Å². The Bertz CT molecular complexity index is 553. The minimum absolute atomic E-state index is 0.0241. The van der Waals surface area contributed by atoms with E-state index in [1.54, 1.807) is 27.7 Å². The van der Waals surface area contributed by atoms with Gasteiger partial charge in [-0.05, 0) is 47.6 Å². The van der Waals surface area contributed by atoms with Crippen molar-refractivity contribution in [1.82, 2.24) is 4.72 Å². The molecular weight excluding hydrogens is 327 g/mol. The van der Waals surface area contributed by atoms with E-state index in [1.165, 1.54) is 12.1 Å². The smallest absolute Gasteiger partial charge is 0.303 e. The van der Waals surface area contributed by atoms with Crippen LogP contribution in [0.25, 0.3) is 0 Å². The fraction of sp³-hybridized carbons (Fsp3) is 0.625. The van der Waals surface area contributed by atoms with E-state index in [4.69, 9.17) is 0 Å². The van der Waals surface area contributed by atoms with Gasteiger partial charge in [0, 0.05) is 16.9 Å². The second-order valence-electron chi connectivity index (χ2n) is 7.06. The minimum Gasteiger partial charge on any atom is -0.598 e. The fourth-order valence-electron chi connectivity index (χ4n) is 1.86. The Hall–Kier alpha value is -0.760. The molecule has 0 amide bonds. The third-order valence-corrected chi connectivity index (χ3v) is 5.12. The molecule has 3 nitrogen and oxygen atoms in total. The van der Waals surface area contributed by atoms with Gasteiger partial charge in [-0.2, -0.15) is 8.78 Å². The van der Waals surface area contributed by atoms with E-state index in [0.717, 1.165) is 19.9 Å². The summed E-state index contributed by atoms with van der Waals surface area (Å²) in [6.45, 7) is 8.65. The molecule has 1 rings (SSSR count). The molecule has 0 heterocycles. The lowest BCUT2D eigenvalue weighted by molar-refractivity contribution is -0.170. The zero-order valence-electron chi connectivity index (χ0n) is 14.2. The third kappa shape index (κ3) is 4.41. The molecule has 0 spiro atoms. The van der Waals surface area contributed by atoms with Crippen LogP contribution in [-0.2, 0) is 17.3 Å². The standard InChI is InChI=1S/C16H24F3NO2S/c1-10(20-23(22)14(2,3)4)11-8-7-9-12(13(11)17)16(18,19)15(5,6)21/h7-10,20-21H,1-6H3/t10-,23+/m0/s1. The molecule has 132 valence electrons. The van der Waals surface area contributed by atoms with Crippen LogP contribution in [0.4, 0.5) is 13.2 Å². The molecule has 0 aliphatic carbocycles. The van der Waals surface area contributed by atoms with Crippen molar-refractivity contribution in [2.24, 2.45) is 0 Å². The Morgan fingerprint density at radius 1 is 1.17 bits per heavy atom. The van der Waals surface area contributed by atoms with E-state index in [1.807, 2.05) is 0 Å². The molecule has 0 aliphatic rings. The Balaban J connectivity index is 3.20. The van der Waals surface area contributed by atoms with Crippen LogP contribution in [-0.4, -0.2) is 20.0 Å². The molecule has 2 N–H and O–H groups in total. The van der Waals surface area contributed by atoms with Crippen molar-refractivity contribution in [3.63, 3.8) is 0 Å². The number of rotatable bonds is 5. The number of alkyl halides is 2. The average Bonchev–Trinajstić information content (AvgIpc) is 2.35. The van der Waals surface area contributed by atoms with Crippen molar-refractivity contribution in [3.05, 3.63) is 35.1 Å². The summed E-state index contributed by atoms with van der Waals surface area (Å²) in [5, 5.41) is 9.62. The molecule has 23 heavy (non-hydrogen) atoms. The SMILES string of the molecule is C[C@H](N[S@+]([O-])C(C)(C)C)c1cccc(C(F)(F)C(C)(C)O)c1F. The van der Waals surface area contributed by atoms with Crippen molar-refractivity contribution in [2.45, 2.75) is 63.9 Å². The third-order valence-electron chi connectivity index (χ3n) is 3.44. The molecule has 0 saturated carbocycles. The molecule has 2 atom stereocenters. The highest BCUT2D eigenvalue weighted by Gasteiger charge is 2.49. The predicted molar refractivity (Wildman–Crippen MR) is 86.0 cm³/mol.